The minimum Gasteiger partial charge on any atom is -0.399 e. The van der Waals surface area contributed by atoms with Gasteiger partial charge in [0, 0.05) is 12.1 Å². The summed E-state index contributed by atoms with van der Waals surface area (Å²) in [6.07, 6.45) is 2.36. The molecule has 0 saturated heterocycles. The highest BCUT2D eigenvalue weighted by Crippen LogP contribution is 2.41. The molecular weight excluding hydrogens is 258 g/mol. The van der Waals surface area contributed by atoms with Gasteiger partial charge in [-0.25, -0.2) is 0 Å². The van der Waals surface area contributed by atoms with Gasteiger partial charge in [0.05, 0.1) is 5.60 Å². The molecule has 2 aromatic rings. The zero-order chi connectivity index (χ0) is 15.2. The predicted molar refractivity (Wildman–Crippen MR) is 87.4 cm³/mol. The van der Waals surface area contributed by atoms with E-state index in [1.165, 1.54) is 27.8 Å². The number of aryl methyl sites for hydroxylation is 4. The molecule has 21 heavy (non-hydrogen) atoms. The van der Waals surface area contributed by atoms with Crippen LogP contribution in [0.15, 0.2) is 30.3 Å². The third-order valence-electron chi connectivity index (χ3n) is 4.75. The van der Waals surface area contributed by atoms with E-state index in [-0.39, 0.29) is 0 Å². The molecule has 0 bridgehead atoms. The molecule has 1 aliphatic carbocycles. The molecule has 2 nitrogen and oxygen atoms in total. The lowest BCUT2D eigenvalue weighted by Gasteiger charge is -2.26. The Morgan fingerprint density at radius 2 is 1.76 bits per heavy atom. The van der Waals surface area contributed by atoms with E-state index in [4.69, 9.17) is 5.73 Å². The summed E-state index contributed by atoms with van der Waals surface area (Å²) >= 11 is 0. The largest absolute Gasteiger partial charge is 0.399 e. The zero-order valence-corrected chi connectivity index (χ0v) is 13.0. The molecule has 0 saturated carbocycles. The summed E-state index contributed by atoms with van der Waals surface area (Å²) in [5, 5.41) is 11.2. The van der Waals surface area contributed by atoms with E-state index >= 15 is 0 Å². The SMILES string of the molecule is Cc1cc(C)c(CC2(O)CCc3cc(N)ccc32)c(C)c1. The van der Waals surface area contributed by atoms with Gasteiger partial charge in [0.1, 0.15) is 0 Å². The molecule has 2 heteroatoms. The topological polar surface area (TPSA) is 46.2 Å². The summed E-state index contributed by atoms with van der Waals surface area (Å²) in [6, 6.07) is 10.3. The second kappa shape index (κ2) is 4.88. The highest BCUT2D eigenvalue weighted by atomic mass is 16.3. The van der Waals surface area contributed by atoms with Crippen LogP contribution in [0.1, 0.15) is 39.8 Å². The van der Waals surface area contributed by atoms with Crippen molar-refractivity contribution in [3.63, 3.8) is 0 Å². The van der Waals surface area contributed by atoms with Crippen LogP contribution in [0.4, 0.5) is 5.69 Å². The third kappa shape index (κ3) is 2.44. The molecule has 1 atom stereocenters. The number of anilines is 1. The zero-order valence-electron chi connectivity index (χ0n) is 13.0. The van der Waals surface area contributed by atoms with Crippen molar-refractivity contribution in [2.45, 2.75) is 45.6 Å². The van der Waals surface area contributed by atoms with Crippen molar-refractivity contribution >= 4 is 5.69 Å². The van der Waals surface area contributed by atoms with Gasteiger partial charge >= 0.3 is 0 Å². The Kier molecular flexibility index (Phi) is 3.29. The van der Waals surface area contributed by atoms with Crippen LogP contribution in [0.25, 0.3) is 0 Å². The second-order valence-corrected chi connectivity index (χ2v) is 6.50. The number of nitrogen functional groups attached to an aromatic ring is 1. The summed E-state index contributed by atoms with van der Waals surface area (Å²) in [5.41, 5.74) is 13.2. The fraction of sp³-hybridized carbons (Fsp3) is 0.368. The lowest BCUT2D eigenvalue weighted by Crippen LogP contribution is -2.26. The molecule has 0 radical (unpaired) electrons. The first-order chi connectivity index (χ1) is 9.89. The minimum atomic E-state index is -0.756. The summed E-state index contributed by atoms with van der Waals surface area (Å²) < 4.78 is 0. The first-order valence-corrected chi connectivity index (χ1v) is 7.57. The molecule has 3 N–H and O–H groups in total. The maximum atomic E-state index is 11.2. The van der Waals surface area contributed by atoms with Crippen LogP contribution in [0.3, 0.4) is 0 Å². The van der Waals surface area contributed by atoms with Crippen LogP contribution in [0.2, 0.25) is 0 Å². The van der Waals surface area contributed by atoms with Crippen LogP contribution in [0.5, 0.6) is 0 Å². The molecule has 0 amide bonds. The van der Waals surface area contributed by atoms with Gasteiger partial charge in [-0.15, -0.1) is 0 Å². The summed E-state index contributed by atoms with van der Waals surface area (Å²) in [5.74, 6) is 0. The normalized spacial score (nSPS) is 20.6. The Morgan fingerprint density at radius 1 is 1.10 bits per heavy atom. The first-order valence-electron chi connectivity index (χ1n) is 7.57. The van der Waals surface area contributed by atoms with E-state index in [1.54, 1.807) is 0 Å². The van der Waals surface area contributed by atoms with Crippen molar-refractivity contribution in [2.75, 3.05) is 5.73 Å². The van der Waals surface area contributed by atoms with Gasteiger partial charge < -0.3 is 10.8 Å². The van der Waals surface area contributed by atoms with E-state index in [0.29, 0.717) is 6.42 Å². The van der Waals surface area contributed by atoms with Gasteiger partial charge in [-0.05, 0) is 73.6 Å². The molecule has 2 aromatic carbocycles. The highest BCUT2D eigenvalue weighted by Gasteiger charge is 2.37. The van der Waals surface area contributed by atoms with Gasteiger partial charge in [-0.2, -0.15) is 0 Å². The second-order valence-electron chi connectivity index (χ2n) is 6.50. The van der Waals surface area contributed by atoms with Crippen molar-refractivity contribution in [3.8, 4) is 0 Å². The molecule has 0 aromatic heterocycles. The van der Waals surface area contributed by atoms with Crippen molar-refractivity contribution in [3.05, 3.63) is 63.7 Å². The summed E-state index contributed by atoms with van der Waals surface area (Å²) in [7, 11) is 0. The molecule has 1 unspecified atom stereocenters. The van der Waals surface area contributed by atoms with Crippen LogP contribution >= 0.6 is 0 Å². The lowest BCUT2D eigenvalue weighted by molar-refractivity contribution is 0.0386. The molecule has 0 spiro atoms. The van der Waals surface area contributed by atoms with Crippen LogP contribution in [-0.4, -0.2) is 5.11 Å². The highest BCUT2D eigenvalue weighted by molar-refractivity contribution is 5.50. The number of hydrogen-bond donors (Lipinski definition) is 2. The molecule has 0 aliphatic heterocycles. The van der Waals surface area contributed by atoms with E-state index in [0.717, 1.165) is 24.1 Å². The van der Waals surface area contributed by atoms with Gasteiger partial charge in [0.25, 0.3) is 0 Å². The monoisotopic (exact) mass is 281 g/mol. The van der Waals surface area contributed by atoms with Gasteiger partial charge in [-0.3, -0.25) is 0 Å². The Morgan fingerprint density at radius 3 is 2.43 bits per heavy atom. The van der Waals surface area contributed by atoms with Crippen molar-refractivity contribution in [1.29, 1.82) is 0 Å². The predicted octanol–water partition coefficient (Wildman–Crippen LogP) is 3.57. The average Bonchev–Trinajstić information content (AvgIpc) is 2.71. The van der Waals surface area contributed by atoms with Gasteiger partial charge in [0.2, 0.25) is 0 Å². The van der Waals surface area contributed by atoms with E-state index in [2.05, 4.69) is 32.9 Å². The van der Waals surface area contributed by atoms with Gasteiger partial charge in [-0.1, -0.05) is 23.8 Å². The van der Waals surface area contributed by atoms with Gasteiger partial charge in [0.15, 0.2) is 0 Å². The first kappa shape index (κ1) is 14.2. The fourth-order valence-electron chi connectivity index (χ4n) is 3.72. The average molecular weight is 281 g/mol. The Labute approximate surface area is 126 Å². The van der Waals surface area contributed by atoms with Crippen LogP contribution in [-0.2, 0) is 18.4 Å². The minimum absolute atomic E-state index is 0.682. The smallest absolute Gasteiger partial charge is 0.0942 e. The number of aliphatic hydroxyl groups is 1. The Balaban J connectivity index is 2.00. The molecule has 0 heterocycles. The number of nitrogens with two attached hydrogens (primary N) is 1. The Hall–Kier alpha value is -1.80. The fourth-order valence-corrected chi connectivity index (χ4v) is 3.72. The Bertz CT molecular complexity index is 682. The molecule has 110 valence electrons. The van der Waals surface area contributed by atoms with Crippen molar-refractivity contribution < 1.29 is 5.11 Å². The van der Waals surface area contributed by atoms with Crippen LogP contribution < -0.4 is 5.73 Å². The molecule has 1 aliphatic rings. The van der Waals surface area contributed by atoms with Crippen LogP contribution in [0, 0.1) is 20.8 Å². The quantitative estimate of drug-likeness (QED) is 0.827. The number of hydrogen-bond acceptors (Lipinski definition) is 2. The van der Waals surface area contributed by atoms with E-state index in [1.807, 2.05) is 18.2 Å². The number of fused-ring (bicyclic) bond motifs is 1. The molecule has 0 fully saturated rings. The summed E-state index contributed by atoms with van der Waals surface area (Å²) in [6.45, 7) is 6.39. The molecular formula is C19H23NO. The van der Waals surface area contributed by atoms with Crippen molar-refractivity contribution in [2.24, 2.45) is 0 Å². The summed E-state index contributed by atoms with van der Waals surface area (Å²) in [4.78, 5) is 0. The number of rotatable bonds is 2. The van der Waals surface area contributed by atoms with E-state index < -0.39 is 5.60 Å². The maximum absolute atomic E-state index is 11.2. The maximum Gasteiger partial charge on any atom is 0.0942 e. The molecule has 3 rings (SSSR count). The third-order valence-corrected chi connectivity index (χ3v) is 4.75. The standard InChI is InChI=1S/C19H23NO/c1-12-8-13(2)17(14(3)9-12)11-19(21)7-6-15-10-16(20)4-5-18(15)19/h4-5,8-10,21H,6-7,11,20H2,1-3H3. The van der Waals surface area contributed by atoms with E-state index in [9.17, 15) is 5.11 Å². The number of benzene rings is 2. The van der Waals surface area contributed by atoms with Crippen molar-refractivity contribution in [1.82, 2.24) is 0 Å². The lowest BCUT2D eigenvalue weighted by atomic mass is 9.85.